The first-order valence-corrected chi connectivity index (χ1v) is 7.81. The number of aliphatic imine (C=N–C) groups is 1. The van der Waals surface area contributed by atoms with Gasteiger partial charge in [0.15, 0.2) is 5.90 Å². The third kappa shape index (κ3) is 4.99. The maximum atomic E-state index is 5.77. The van der Waals surface area contributed by atoms with Crippen LogP contribution in [-0.4, -0.2) is 18.5 Å². The van der Waals surface area contributed by atoms with Crippen LogP contribution in [0.3, 0.4) is 0 Å². The molecule has 0 aromatic carbocycles. The van der Waals surface area contributed by atoms with E-state index in [1.807, 2.05) is 0 Å². The molecule has 1 aliphatic heterocycles. The van der Waals surface area contributed by atoms with Crippen LogP contribution in [0.25, 0.3) is 0 Å². The lowest BCUT2D eigenvalue weighted by Crippen LogP contribution is -2.24. The molecule has 0 amide bonds. The van der Waals surface area contributed by atoms with E-state index in [0.29, 0.717) is 6.04 Å². The standard InChI is InChI=1S/C16H31NO/c1-5-7-8-9-10-11-12-16(3,4)15-17-14(6-2)13-18-15/h14H,5-13H2,1-4H3. The highest BCUT2D eigenvalue weighted by Crippen LogP contribution is 2.30. The molecule has 2 heteroatoms. The van der Waals surface area contributed by atoms with E-state index < -0.39 is 0 Å². The Balaban J connectivity index is 2.23. The zero-order valence-electron chi connectivity index (χ0n) is 12.8. The van der Waals surface area contributed by atoms with Crippen molar-refractivity contribution in [2.24, 2.45) is 10.4 Å². The number of unbranched alkanes of at least 4 members (excludes halogenated alkanes) is 5. The minimum absolute atomic E-state index is 0.134. The van der Waals surface area contributed by atoms with Gasteiger partial charge in [0, 0.05) is 5.41 Å². The molecule has 0 fully saturated rings. The zero-order chi connectivity index (χ0) is 13.4. The van der Waals surface area contributed by atoms with Crippen molar-refractivity contribution in [3.8, 4) is 0 Å². The van der Waals surface area contributed by atoms with E-state index in [1.165, 1.54) is 44.9 Å². The summed E-state index contributed by atoms with van der Waals surface area (Å²) in [5.74, 6) is 1.00. The summed E-state index contributed by atoms with van der Waals surface area (Å²) in [6.07, 6.45) is 10.4. The molecular formula is C16H31NO. The van der Waals surface area contributed by atoms with Crippen molar-refractivity contribution >= 4 is 5.90 Å². The van der Waals surface area contributed by atoms with Gasteiger partial charge in [-0.05, 0) is 12.8 Å². The highest BCUT2D eigenvalue weighted by atomic mass is 16.5. The molecule has 1 unspecified atom stereocenters. The molecule has 0 radical (unpaired) electrons. The lowest BCUT2D eigenvalue weighted by atomic mass is 9.86. The zero-order valence-corrected chi connectivity index (χ0v) is 12.8. The van der Waals surface area contributed by atoms with Gasteiger partial charge in [-0.25, -0.2) is 4.99 Å². The Hall–Kier alpha value is -0.530. The minimum atomic E-state index is 0.134. The first kappa shape index (κ1) is 15.5. The summed E-state index contributed by atoms with van der Waals surface area (Å²) in [6.45, 7) is 9.79. The summed E-state index contributed by atoms with van der Waals surface area (Å²) in [5.41, 5.74) is 0.134. The number of hydrogen-bond donors (Lipinski definition) is 0. The van der Waals surface area contributed by atoms with Gasteiger partial charge in [0.2, 0.25) is 0 Å². The molecule has 2 nitrogen and oxygen atoms in total. The summed E-state index contributed by atoms with van der Waals surface area (Å²) < 4.78 is 5.77. The fourth-order valence-corrected chi connectivity index (χ4v) is 2.45. The van der Waals surface area contributed by atoms with E-state index in [1.54, 1.807) is 0 Å². The van der Waals surface area contributed by atoms with Gasteiger partial charge in [-0.3, -0.25) is 0 Å². The molecule has 1 heterocycles. The summed E-state index contributed by atoms with van der Waals surface area (Å²) in [6, 6.07) is 0.406. The molecule has 0 N–H and O–H groups in total. The minimum Gasteiger partial charge on any atom is -0.478 e. The van der Waals surface area contributed by atoms with Crippen LogP contribution in [0.15, 0.2) is 4.99 Å². The topological polar surface area (TPSA) is 21.6 Å². The van der Waals surface area contributed by atoms with Gasteiger partial charge in [0.05, 0.1) is 6.04 Å². The van der Waals surface area contributed by atoms with E-state index in [0.717, 1.165) is 18.9 Å². The number of nitrogens with zero attached hydrogens (tertiary/aromatic N) is 1. The second kappa shape index (κ2) is 7.81. The van der Waals surface area contributed by atoms with Gasteiger partial charge in [-0.2, -0.15) is 0 Å². The predicted octanol–water partition coefficient (Wildman–Crippen LogP) is 4.97. The molecule has 0 bridgehead atoms. The highest BCUT2D eigenvalue weighted by molar-refractivity contribution is 5.83. The van der Waals surface area contributed by atoms with Crippen LogP contribution < -0.4 is 0 Å². The Kier molecular flexibility index (Phi) is 6.73. The second-order valence-corrected chi connectivity index (χ2v) is 6.21. The molecule has 106 valence electrons. The number of hydrogen-bond acceptors (Lipinski definition) is 2. The second-order valence-electron chi connectivity index (χ2n) is 6.21. The van der Waals surface area contributed by atoms with Crippen molar-refractivity contribution in [3.05, 3.63) is 0 Å². The first-order chi connectivity index (χ1) is 8.60. The Morgan fingerprint density at radius 3 is 2.39 bits per heavy atom. The summed E-state index contributed by atoms with van der Waals surface area (Å²) in [5, 5.41) is 0. The van der Waals surface area contributed by atoms with E-state index in [2.05, 4.69) is 27.7 Å². The van der Waals surface area contributed by atoms with Crippen LogP contribution in [0.4, 0.5) is 0 Å². The lowest BCUT2D eigenvalue weighted by molar-refractivity contribution is 0.265. The van der Waals surface area contributed by atoms with Gasteiger partial charge >= 0.3 is 0 Å². The largest absolute Gasteiger partial charge is 0.478 e. The lowest BCUT2D eigenvalue weighted by Gasteiger charge is -2.23. The number of ether oxygens (including phenoxy) is 1. The molecule has 0 aromatic heterocycles. The molecular weight excluding hydrogens is 222 g/mol. The van der Waals surface area contributed by atoms with Crippen LogP contribution in [-0.2, 0) is 4.74 Å². The van der Waals surface area contributed by atoms with Crippen molar-refractivity contribution in [2.75, 3.05) is 6.61 Å². The fraction of sp³-hybridized carbons (Fsp3) is 0.938. The van der Waals surface area contributed by atoms with Gasteiger partial charge in [0.1, 0.15) is 6.61 Å². The SMILES string of the molecule is CCCCCCCCC(C)(C)C1=NC(CC)CO1. The van der Waals surface area contributed by atoms with Crippen LogP contribution in [0.5, 0.6) is 0 Å². The molecule has 18 heavy (non-hydrogen) atoms. The van der Waals surface area contributed by atoms with Crippen molar-refractivity contribution in [1.82, 2.24) is 0 Å². The molecule has 0 aromatic rings. The van der Waals surface area contributed by atoms with Gasteiger partial charge in [-0.15, -0.1) is 0 Å². The molecule has 1 rings (SSSR count). The Bertz CT molecular complexity index is 258. The van der Waals surface area contributed by atoms with Crippen LogP contribution in [0.1, 0.15) is 79.1 Å². The van der Waals surface area contributed by atoms with Crippen molar-refractivity contribution in [2.45, 2.75) is 85.1 Å². The predicted molar refractivity (Wildman–Crippen MR) is 79.2 cm³/mol. The molecule has 1 aliphatic rings. The average Bonchev–Trinajstić information content (AvgIpc) is 2.83. The third-order valence-corrected chi connectivity index (χ3v) is 3.92. The summed E-state index contributed by atoms with van der Waals surface area (Å²) >= 11 is 0. The van der Waals surface area contributed by atoms with E-state index in [4.69, 9.17) is 9.73 Å². The van der Waals surface area contributed by atoms with E-state index in [9.17, 15) is 0 Å². The van der Waals surface area contributed by atoms with Crippen molar-refractivity contribution < 1.29 is 4.74 Å². The normalized spacial score (nSPS) is 19.8. The van der Waals surface area contributed by atoms with Gasteiger partial charge in [0.25, 0.3) is 0 Å². The first-order valence-electron chi connectivity index (χ1n) is 7.81. The maximum absolute atomic E-state index is 5.77. The Morgan fingerprint density at radius 1 is 1.11 bits per heavy atom. The Morgan fingerprint density at radius 2 is 1.78 bits per heavy atom. The fourth-order valence-electron chi connectivity index (χ4n) is 2.45. The van der Waals surface area contributed by atoms with Gasteiger partial charge in [-0.1, -0.05) is 66.2 Å². The molecule has 0 saturated carbocycles. The Labute approximate surface area is 113 Å². The molecule has 0 saturated heterocycles. The number of rotatable bonds is 9. The molecule has 0 aliphatic carbocycles. The van der Waals surface area contributed by atoms with Crippen LogP contribution in [0, 0.1) is 5.41 Å². The van der Waals surface area contributed by atoms with Crippen molar-refractivity contribution in [1.29, 1.82) is 0 Å². The summed E-state index contributed by atoms with van der Waals surface area (Å²) in [7, 11) is 0. The van der Waals surface area contributed by atoms with Crippen LogP contribution >= 0.6 is 0 Å². The van der Waals surface area contributed by atoms with Crippen LogP contribution in [0.2, 0.25) is 0 Å². The highest BCUT2D eigenvalue weighted by Gasteiger charge is 2.31. The molecule has 1 atom stereocenters. The van der Waals surface area contributed by atoms with E-state index in [-0.39, 0.29) is 5.41 Å². The smallest absolute Gasteiger partial charge is 0.189 e. The summed E-state index contributed by atoms with van der Waals surface area (Å²) in [4.78, 5) is 4.70. The molecule has 0 spiro atoms. The maximum Gasteiger partial charge on any atom is 0.189 e. The third-order valence-electron chi connectivity index (χ3n) is 3.92. The van der Waals surface area contributed by atoms with E-state index >= 15 is 0 Å². The van der Waals surface area contributed by atoms with Crippen molar-refractivity contribution in [3.63, 3.8) is 0 Å². The average molecular weight is 253 g/mol. The monoisotopic (exact) mass is 253 g/mol. The quantitative estimate of drug-likeness (QED) is 0.532. The van der Waals surface area contributed by atoms with Gasteiger partial charge < -0.3 is 4.74 Å².